The van der Waals surface area contributed by atoms with Crippen LogP contribution in [0.5, 0.6) is 0 Å². The third-order valence-electron chi connectivity index (χ3n) is 4.14. The molecule has 1 N–H and O–H groups in total. The second-order valence-corrected chi connectivity index (χ2v) is 5.80. The van der Waals surface area contributed by atoms with Crippen molar-refractivity contribution in [2.24, 2.45) is 5.92 Å². The molecule has 3 nitrogen and oxygen atoms in total. The van der Waals surface area contributed by atoms with Gasteiger partial charge in [0.25, 0.3) is 0 Å². The molecule has 3 heteroatoms. The van der Waals surface area contributed by atoms with Crippen LogP contribution in [0, 0.1) is 5.92 Å². The summed E-state index contributed by atoms with van der Waals surface area (Å²) in [6.45, 7) is 2.07. The fourth-order valence-corrected chi connectivity index (χ4v) is 2.79. The quantitative estimate of drug-likeness (QED) is 0.861. The summed E-state index contributed by atoms with van der Waals surface area (Å²) in [6.07, 6.45) is 7.68. The smallest absolute Gasteiger partial charge is 0.129 e. The van der Waals surface area contributed by atoms with E-state index in [9.17, 15) is 0 Å². The van der Waals surface area contributed by atoms with Crippen LogP contribution in [0.15, 0.2) is 0 Å². The number of rotatable bonds is 3. The minimum Gasteiger partial charge on any atom is -0.312 e. The van der Waals surface area contributed by atoms with Gasteiger partial charge in [-0.2, -0.15) is 0 Å². The lowest BCUT2D eigenvalue weighted by Gasteiger charge is -2.20. The van der Waals surface area contributed by atoms with Crippen molar-refractivity contribution in [1.29, 1.82) is 0 Å². The summed E-state index contributed by atoms with van der Waals surface area (Å²) < 4.78 is 0. The van der Waals surface area contributed by atoms with E-state index in [4.69, 9.17) is 9.97 Å². The zero-order valence-electron chi connectivity index (χ0n) is 10.2. The van der Waals surface area contributed by atoms with Gasteiger partial charge < -0.3 is 5.32 Å². The molecule has 2 aliphatic carbocycles. The minimum atomic E-state index is 0.754. The maximum atomic E-state index is 4.88. The van der Waals surface area contributed by atoms with Crippen LogP contribution in [0.3, 0.4) is 0 Å². The number of hydrogen-bond donors (Lipinski definition) is 1. The predicted octanol–water partition coefficient (Wildman–Crippen LogP) is 1.95. The van der Waals surface area contributed by atoms with Crippen molar-refractivity contribution in [3.63, 3.8) is 0 Å². The fourth-order valence-electron chi connectivity index (χ4n) is 2.79. The molecule has 3 aliphatic rings. The van der Waals surface area contributed by atoms with Crippen LogP contribution in [-0.2, 0) is 19.4 Å². The molecule has 2 fully saturated rings. The van der Waals surface area contributed by atoms with Gasteiger partial charge in [0.15, 0.2) is 0 Å². The molecule has 0 amide bonds. The molecule has 0 radical (unpaired) electrons. The Balaban J connectivity index is 1.73. The van der Waals surface area contributed by atoms with E-state index in [0.717, 1.165) is 43.6 Å². The Morgan fingerprint density at radius 1 is 1.12 bits per heavy atom. The van der Waals surface area contributed by atoms with E-state index in [1.165, 1.54) is 42.6 Å². The van der Waals surface area contributed by atoms with Crippen molar-refractivity contribution < 1.29 is 0 Å². The molecular weight excluding hydrogens is 210 g/mol. The van der Waals surface area contributed by atoms with Gasteiger partial charge in [-0.1, -0.05) is 0 Å². The summed E-state index contributed by atoms with van der Waals surface area (Å²) >= 11 is 0. The Hall–Kier alpha value is -0.960. The van der Waals surface area contributed by atoms with E-state index < -0.39 is 0 Å². The Morgan fingerprint density at radius 3 is 2.76 bits per heavy atom. The SMILES string of the molecule is C1Cc2nc(CC3CC3)nc(C3CC3)c2CN1. The summed E-state index contributed by atoms with van der Waals surface area (Å²) in [4.78, 5) is 9.69. The maximum Gasteiger partial charge on any atom is 0.129 e. The molecule has 0 spiro atoms. The summed E-state index contributed by atoms with van der Waals surface area (Å²) in [7, 11) is 0. The molecule has 0 saturated heterocycles. The third kappa shape index (κ3) is 1.97. The normalized spacial score (nSPS) is 23.5. The Morgan fingerprint density at radius 2 is 2.00 bits per heavy atom. The molecule has 0 bridgehead atoms. The van der Waals surface area contributed by atoms with Gasteiger partial charge in [0.2, 0.25) is 0 Å². The third-order valence-corrected chi connectivity index (χ3v) is 4.14. The predicted molar refractivity (Wildman–Crippen MR) is 65.8 cm³/mol. The highest BCUT2D eigenvalue weighted by atomic mass is 15.0. The van der Waals surface area contributed by atoms with Gasteiger partial charge in [0.05, 0.1) is 11.4 Å². The van der Waals surface area contributed by atoms with Crippen molar-refractivity contribution >= 4 is 0 Å². The first-order chi connectivity index (χ1) is 8.40. The second kappa shape index (κ2) is 3.77. The summed E-state index contributed by atoms with van der Waals surface area (Å²) in [5, 5.41) is 3.46. The van der Waals surface area contributed by atoms with Gasteiger partial charge >= 0.3 is 0 Å². The van der Waals surface area contributed by atoms with Gasteiger partial charge in [-0.3, -0.25) is 0 Å². The van der Waals surface area contributed by atoms with E-state index in [2.05, 4.69) is 5.32 Å². The van der Waals surface area contributed by atoms with Crippen LogP contribution in [0.4, 0.5) is 0 Å². The number of nitrogens with zero attached hydrogens (tertiary/aromatic N) is 2. The zero-order valence-corrected chi connectivity index (χ0v) is 10.2. The Bertz CT molecular complexity index is 447. The molecular formula is C14H19N3. The fraction of sp³-hybridized carbons (Fsp3) is 0.714. The molecule has 0 atom stereocenters. The highest BCUT2D eigenvalue weighted by molar-refractivity contribution is 5.33. The van der Waals surface area contributed by atoms with Gasteiger partial charge in [-0.05, 0) is 31.6 Å². The molecule has 90 valence electrons. The first-order valence-corrected chi connectivity index (χ1v) is 6.99. The molecule has 4 rings (SSSR count). The van der Waals surface area contributed by atoms with Gasteiger partial charge in [0, 0.05) is 37.4 Å². The van der Waals surface area contributed by atoms with E-state index >= 15 is 0 Å². The number of aromatic nitrogens is 2. The summed E-state index contributed by atoms with van der Waals surface area (Å²) in [5.41, 5.74) is 4.16. The molecule has 17 heavy (non-hydrogen) atoms. The Labute approximate surface area is 102 Å². The molecule has 2 saturated carbocycles. The second-order valence-electron chi connectivity index (χ2n) is 5.80. The number of fused-ring (bicyclic) bond motifs is 1. The monoisotopic (exact) mass is 229 g/mol. The number of nitrogens with one attached hydrogen (secondary N) is 1. The molecule has 0 unspecified atom stereocenters. The molecule has 1 aromatic rings. The highest BCUT2D eigenvalue weighted by Gasteiger charge is 2.31. The average Bonchev–Trinajstić information content (AvgIpc) is 3.22. The van der Waals surface area contributed by atoms with Gasteiger partial charge in [-0.25, -0.2) is 9.97 Å². The van der Waals surface area contributed by atoms with E-state index in [0.29, 0.717) is 0 Å². The van der Waals surface area contributed by atoms with Crippen LogP contribution in [0.25, 0.3) is 0 Å². The van der Waals surface area contributed by atoms with Crippen molar-refractivity contribution in [2.45, 2.75) is 51.0 Å². The zero-order chi connectivity index (χ0) is 11.2. The van der Waals surface area contributed by atoms with E-state index in [1.807, 2.05) is 0 Å². The Kier molecular flexibility index (Phi) is 2.22. The number of hydrogen-bond acceptors (Lipinski definition) is 3. The first kappa shape index (κ1) is 10.0. The van der Waals surface area contributed by atoms with Crippen LogP contribution in [-0.4, -0.2) is 16.5 Å². The molecule has 1 aliphatic heterocycles. The lowest BCUT2D eigenvalue weighted by atomic mass is 10.0. The lowest BCUT2D eigenvalue weighted by Crippen LogP contribution is -2.27. The minimum absolute atomic E-state index is 0.754. The summed E-state index contributed by atoms with van der Waals surface area (Å²) in [6, 6.07) is 0. The van der Waals surface area contributed by atoms with Crippen LogP contribution in [0.1, 0.15) is 54.4 Å². The average molecular weight is 229 g/mol. The van der Waals surface area contributed by atoms with Crippen LogP contribution < -0.4 is 5.32 Å². The highest BCUT2D eigenvalue weighted by Crippen LogP contribution is 2.42. The first-order valence-electron chi connectivity index (χ1n) is 6.99. The summed E-state index contributed by atoms with van der Waals surface area (Å²) in [5.74, 6) is 2.78. The van der Waals surface area contributed by atoms with E-state index in [1.54, 1.807) is 0 Å². The largest absolute Gasteiger partial charge is 0.312 e. The van der Waals surface area contributed by atoms with Crippen molar-refractivity contribution in [3.8, 4) is 0 Å². The van der Waals surface area contributed by atoms with Gasteiger partial charge in [-0.15, -0.1) is 0 Å². The molecule has 0 aromatic carbocycles. The molecule has 1 aromatic heterocycles. The van der Waals surface area contributed by atoms with Crippen LogP contribution >= 0.6 is 0 Å². The van der Waals surface area contributed by atoms with Crippen molar-refractivity contribution in [3.05, 3.63) is 22.8 Å². The van der Waals surface area contributed by atoms with Crippen LogP contribution in [0.2, 0.25) is 0 Å². The molecule has 2 heterocycles. The van der Waals surface area contributed by atoms with Crippen molar-refractivity contribution in [1.82, 2.24) is 15.3 Å². The van der Waals surface area contributed by atoms with Crippen molar-refractivity contribution in [2.75, 3.05) is 6.54 Å². The van der Waals surface area contributed by atoms with E-state index in [-0.39, 0.29) is 0 Å². The standard InChI is InChI=1S/C14H19N3/c1-2-9(1)7-13-16-12-5-6-15-8-11(12)14(17-13)10-3-4-10/h9-10,15H,1-8H2. The maximum absolute atomic E-state index is 4.88. The van der Waals surface area contributed by atoms with Gasteiger partial charge in [0.1, 0.15) is 5.82 Å². The topological polar surface area (TPSA) is 37.8 Å². The lowest BCUT2D eigenvalue weighted by molar-refractivity contribution is 0.604.